The number of benzene rings is 1. The molecule has 1 aromatic heterocycles. The van der Waals surface area contributed by atoms with Crippen molar-refractivity contribution in [3.05, 3.63) is 42.9 Å². The molecular formula is C15H18ClN3O2. The average Bonchev–Trinajstić information content (AvgIpc) is 2.47. The molecule has 6 heteroatoms. The summed E-state index contributed by atoms with van der Waals surface area (Å²) in [5.41, 5.74) is 1.80. The fraction of sp³-hybridized carbons (Fsp3) is 0.467. The maximum Gasteiger partial charge on any atom is 0.314 e. The first kappa shape index (κ1) is 14.4. The molecule has 5 nitrogen and oxygen atoms in total. The molecule has 0 atom stereocenters. The summed E-state index contributed by atoms with van der Waals surface area (Å²) >= 11 is 6.44. The highest BCUT2D eigenvalue weighted by Gasteiger charge is 2.17. The third-order valence-electron chi connectivity index (χ3n) is 4.07. The van der Waals surface area contributed by atoms with E-state index in [9.17, 15) is 9.59 Å². The Labute approximate surface area is 126 Å². The van der Waals surface area contributed by atoms with Crippen LogP contribution in [-0.2, 0) is 6.54 Å². The Morgan fingerprint density at radius 1 is 1.14 bits per heavy atom. The van der Waals surface area contributed by atoms with Gasteiger partial charge in [-0.05, 0) is 44.5 Å². The van der Waals surface area contributed by atoms with Crippen LogP contribution in [-0.4, -0.2) is 28.0 Å². The van der Waals surface area contributed by atoms with Crippen molar-refractivity contribution in [2.45, 2.75) is 32.7 Å². The summed E-state index contributed by atoms with van der Waals surface area (Å²) in [6, 6.07) is 1.80. The number of hydrogen-bond acceptors (Lipinski definition) is 3. The summed E-state index contributed by atoms with van der Waals surface area (Å²) < 4.78 is 0. The molecule has 21 heavy (non-hydrogen) atoms. The van der Waals surface area contributed by atoms with Crippen molar-refractivity contribution >= 4 is 22.6 Å². The van der Waals surface area contributed by atoms with Gasteiger partial charge in [0, 0.05) is 12.1 Å². The van der Waals surface area contributed by atoms with Gasteiger partial charge in [0.05, 0.1) is 16.1 Å². The lowest BCUT2D eigenvalue weighted by atomic mass is 10.1. The average molecular weight is 308 g/mol. The summed E-state index contributed by atoms with van der Waals surface area (Å²) in [4.78, 5) is 30.7. The number of halogens is 1. The minimum Gasteiger partial charge on any atom is -0.316 e. The quantitative estimate of drug-likeness (QED) is 0.835. The number of piperidine rings is 1. The van der Waals surface area contributed by atoms with E-state index in [1.807, 2.05) is 6.92 Å². The lowest BCUT2D eigenvalue weighted by Gasteiger charge is -2.27. The van der Waals surface area contributed by atoms with Gasteiger partial charge in [0.25, 0.3) is 0 Å². The van der Waals surface area contributed by atoms with Crippen LogP contribution in [0.2, 0.25) is 5.02 Å². The number of nitrogens with zero attached hydrogens (tertiary/aromatic N) is 1. The molecule has 3 rings (SSSR count). The number of aromatic nitrogens is 2. The summed E-state index contributed by atoms with van der Waals surface area (Å²) in [5, 5.41) is 0.663. The molecule has 1 aliphatic rings. The Bertz CT molecular complexity index is 788. The zero-order valence-corrected chi connectivity index (χ0v) is 12.7. The van der Waals surface area contributed by atoms with Crippen molar-refractivity contribution in [1.29, 1.82) is 0 Å². The Morgan fingerprint density at radius 3 is 2.52 bits per heavy atom. The predicted molar refractivity (Wildman–Crippen MR) is 84.1 cm³/mol. The van der Waals surface area contributed by atoms with E-state index in [1.54, 1.807) is 6.07 Å². The minimum atomic E-state index is -0.637. The summed E-state index contributed by atoms with van der Waals surface area (Å²) in [6.07, 6.45) is 3.65. The molecule has 1 saturated heterocycles. The van der Waals surface area contributed by atoms with Crippen LogP contribution in [0.5, 0.6) is 0 Å². The predicted octanol–water partition coefficient (Wildman–Crippen LogP) is 2.16. The van der Waals surface area contributed by atoms with Gasteiger partial charge in [-0.1, -0.05) is 18.0 Å². The van der Waals surface area contributed by atoms with Gasteiger partial charge in [-0.15, -0.1) is 0 Å². The van der Waals surface area contributed by atoms with Gasteiger partial charge in [0.15, 0.2) is 0 Å². The first-order valence-electron chi connectivity index (χ1n) is 7.23. The number of likely N-dealkylation sites (tertiary alicyclic amines) is 1. The van der Waals surface area contributed by atoms with E-state index in [4.69, 9.17) is 11.6 Å². The zero-order chi connectivity index (χ0) is 15.0. The van der Waals surface area contributed by atoms with Gasteiger partial charge in [-0.2, -0.15) is 0 Å². The molecule has 1 aliphatic heterocycles. The number of aromatic amines is 2. The van der Waals surface area contributed by atoms with E-state index in [2.05, 4.69) is 14.9 Å². The van der Waals surface area contributed by atoms with Crippen LogP contribution in [0.25, 0.3) is 11.0 Å². The second kappa shape index (κ2) is 5.66. The summed E-state index contributed by atoms with van der Waals surface area (Å²) in [7, 11) is 0. The summed E-state index contributed by atoms with van der Waals surface area (Å²) in [5.74, 6) is 0. The maximum absolute atomic E-state index is 11.6. The van der Waals surface area contributed by atoms with Gasteiger partial charge in [-0.25, -0.2) is 0 Å². The zero-order valence-electron chi connectivity index (χ0n) is 12.0. The van der Waals surface area contributed by atoms with E-state index < -0.39 is 11.1 Å². The van der Waals surface area contributed by atoms with Crippen LogP contribution in [0.4, 0.5) is 0 Å². The van der Waals surface area contributed by atoms with E-state index >= 15 is 0 Å². The molecule has 2 heterocycles. The van der Waals surface area contributed by atoms with Gasteiger partial charge in [0.2, 0.25) is 0 Å². The molecule has 0 spiro atoms. The van der Waals surface area contributed by atoms with Crippen LogP contribution in [0.1, 0.15) is 30.4 Å². The van der Waals surface area contributed by atoms with Crippen molar-refractivity contribution in [3.63, 3.8) is 0 Å². The maximum atomic E-state index is 11.6. The Morgan fingerprint density at radius 2 is 1.81 bits per heavy atom. The number of nitrogens with one attached hydrogen (secondary N) is 2. The molecule has 0 amide bonds. The molecule has 2 aromatic rings. The van der Waals surface area contributed by atoms with Crippen LogP contribution < -0.4 is 11.1 Å². The lowest BCUT2D eigenvalue weighted by Crippen LogP contribution is -2.31. The molecule has 0 bridgehead atoms. The first-order valence-corrected chi connectivity index (χ1v) is 7.60. The molecule has 0 unspecified atom stereocenters. The van der Waals surface area contributed by atoms with Crippen molar-refractivity contribution in [3.8, 4) is 0 Å². The first-order chi connectivity index (χ1) is 10.1. The third kappa shape index (κ3) is 2.76. The number of hydrogen-bond donors (Lipinski definition) is 2. The Hall–Kier alpha value is -1.59. The van der Waals surface area contributed by atoms with Crippen molar-refractivity contribution in [1.82, 2.24) is 14.9 Å². The highest BCUT2D eigenvalue weighted by molar-refractivity contribution is 6.33. The summed E-state index contributed by atoms with van der Waals surface area (Å²) in [6.45, 7) is 4.68. The smallest absolute Gasteiger partial charge is 0.314 e. The van der Waals surface area contributed by atoms with E-state index in [0.717, 1.165) is 24.2 Å². The fourth-order valence-electron chi connectivity index (χ4n) is 2.94. The number of rotatable bonds is 2. The fourth-order valence-corrected chi connectivity index (χ4v) is 3.15. The number of H-pyrrole nitrogens is 2. The van der Waals surface area contributed by atoms with Crippen LogP contribution in [0.15, 0.2) is 15.7 Å². The van der Waals surface area contributed by atoms with Gasteiger partial charge in [0.1, 0.15) is 0 Å². The minimum absolute atomic E-state index is 0.631. The Kier molecular flexibility index (Phi) is 3.87. The number of fused-ring (bicyclic) bond motifs is 1. The van der Waals surface area contributed by atoms with E-state index in [1.165, 1.54) is 19.3 Å². The van der Waals surface area contributed by atoms with Crippen molar-refractivity contribution in [2.24, 2.45) is 0 Å². The largest absolute Gasteiger partial charge is 0.316 e. The molecule has 1 fully saturated rings. The second-order valence-electron chi connectivity index (χ2n) is 5.65. The lowest BCUT2D eigenvalue weighted by molar-refractivity contribution is 0.221. The third-order valence-corrected chi connectivity index (χ3v) is 4.59. The van der Waals surface area contributed by atoms with Crippen molar-refractivity contribution in [2.75, 3.05) is 13.1 Å². The monoisotopic (exact) mass is 307 g/mol. The van der Waals surface area contributed by atoms with Gasteiger partial charge < -0.3 is 9.97 Å². The number of aryl methyl sites for hydroxylation is 1. The molecule has 0 saturated carbocycles. The van der Waals surface area contributed by atoms with E-state index in [-0.39, 0.29) is 0 Å². The molecule has 2 N–H and O–H groups in total. The van der Waals surface area contributed by atoms with Crippen LogP contribution in [0.3, 0.4) is 0 Å². The molecule has 0 radical (unpaired) electrons. The van der Waals surface area contributed by atoms with E-state index in [0.29, 0.717) is 22.6 Å². The highest BCUT2D eigenvalue weighted by Crippen LogP contribution is 2.28. The topological polar surface area (TPSA) is 69.0 Å². The Balaban J connectivity index is 2.14. The molecule has 112 valence electrons. The van der Waals surface area contributed by atoms with Gasteiger partial charge >= 0.3 is 11.1 Å². The van der Waals surface area contributed by atoms with Crippen molar-refractivity contribution < 1.29 is 0 Å². The van der Waals surface area contributed by atoms with Gasteiger partial charge in [-0.3, -0.25) is 14.5 Å². The second-order valence-corrected chi connectivity index (χ2v) is 6.03. The molecule has 1 aromatic carbocycles. The molecular weight excluding hydrogens is 290 g/mol. The molecule has 0 aliphatic carbocycles. The van der Waals surface area contributed by atoms with Crippen LogP contribution >= 0.6 is 11.6 Å². The standard InChI is InChI=1S/C15H18ClN3O2/c1-9-7-11-13(18-15(21)14(20)17-11)10(12(9)16)8-19-5-3-2-4-6-19/h7H,2-6,8H2,1H3,(H,17,20)(H,18,21). The SMILES string of the molecule is Cc1cc2[nH]c(=O)c(=O)[nH]c2c(CN2CCCCC2)c1Cl. The van der Waals surface area contributed by atoms with Crippen LogP contribution in [0, 0.1) is 6.92 Å². The highest BCUT2D eigenvalue weighted by atomic mass is 35.5. The normalized spacial score (nSPS) is 16.5.